The van der Waals surface area contributed by atoms with Gasteiger partial charge in [-0.15, -0.1) is 0 Å². The van der Waals surface area contributed by atoms with E-state index in [0.717, 1.165) is 17.9 Å². The Hall–Kier alpha value is -0.760. The number of rotatable bonds is 4. The Bertz CT molecular complexity index is 104. The van der Waals surface area contributed by atoms with Crippen molar-refractivity contribution in [2.45, 2.75) is 26.7 Å². The molecule has 0 unspecified atom stereocenters. The number of nitrogens with zero attached hydrogens (tertiary/aromatic N) is 1. The van der Waals surface area contributed by atoms with Crippen molar-refractivity contribution >= 4 is 0 Å². The van der Waals surface area contributed by atoms with Crippen molar-refractivity contribution in [2.24, 2.45) is 0 Å². The average Bonchev–Trinajstić information content (AvgIpc) is 1.97. The first kappa shape index (κ1) is 9.24. The average molecular weight is 141 g/mol. The third kappa shape index (κ3) is 5.38. The van der Waals surface area contributed by atoms with E-state index in [1.165, 1.54) is 0 Å². The van der Waals surface area contributed by atoms with Gasteiger partial charge in [0, 0.05) is 12.4 Å². The van der Waals surface area contributed by atoms with Crippen LogP contribution in [0.25, 0.3) is 0 Å². The first-order valence-corrected chi connectivity index (χ1v) is 3.61. The molecule has 0 atom stereocenters. The van der Waals surface area contributed by atoms with Crippen molar-refractivity contribution in [3.63, 3.8) is 0 Å². The van der Waals surface area contributed by atoms with Gasteiger partial charge in [-0.25, -0.2) is 5.06 Å². The first-order valence-electron chi connectivity index (χ1n) is 3.61. The summed E-state index contributed by atoms with van der Waals surface area (Å²) in [5.74, 6) is 0. The molecule has 0 amide bonds. The smallest absolute Gasteiger partial charge is 0.0284 e. The van der Waals surface area contributed by atoms with Crippen molar-refractivity contribution in [1.29, 1.82) is 0 Å². The molecular weight excluding hydrogens is 126 g/mol. The summed E-state index contributed by atoms with van der Waals surface area (Å²) >= 11 is 0. The summed E-state index contributed by atoms with van der Waals surface area (Å²) < 4.78 is 0. The van der Waals surface area contributed by atoms with Gasteiger partial charge in [0.1, 0.15) is 0 Å². The second-order valence-corrected chi connectivity index (χ2v) is 1.97. The Kier molecular flexibility index (Phi) is 5.88. The molecule has 0 aromatic carbocycles. The number of hydrogen-bond donors (Lipinski definition) is 1. The fourth-order valence-corrected chi connectivity index (χ4v) is 0.477. The van der Waals surface area contributed by atoms with Gasteiger partial charge < -0.3 is 0 Å². The molecule has 0 heterocycles. The lowest BCUT2D eigenvalue weighted by molar-refractivity contribution is 0.0109. The molecule has 0 aromatic heterocycles. The van der Waals surface area contributed by atoms with Gasteiger partial charge in [-0.2, -0.15) is 0 Å². The van der Waals surface area contributed by atoms with Gasteiger partial charge in [0.2, 0.25) is 0 Å². The van der Waals surface area contributed by atoms with Gasteiger partial charge in [0.15, 0.2) is 0 Å². The van der Waals surface area contributed by atoms with E-state index in [2.05, 4.69) is 0 Å². The normalized spacial score (nSPS) is 11.5. The fraction of sp³-hybridized carbons (Fsp3) is 0.500. The lowest BCUT2D eigenvalue weighted by atomic mass is 10.4. The van der Waals surface area contributed by atoms with Crippen LogP contribution in [0.2, 0.25) is 0 Å². The molecule has 0 aliphatic rings. The molecular formula is C8H15NO. The van der Waals surface area contributed by atoms with Gasteiger partial charge in [0.25, 0.3) is 0 Å². The van der Waals surface area contributed by atoms with Gasteiger partial charge in [0.05, 0.1) is 0 Å². The molecule has 0 spiro atoms. The van der Waals surface area contributed by atoms with E-state index in [1.807, 2.05) is 26.0 Å². The van der Waals surface area contributed by atoms with Crippen molar-refractivity contribution in [3.05, 3.63) is 24.6 Å². The van der Waals surface area contributed by atoms with Gasteiger partial charge in [-0.3, -0.25) is 5.21 Å². The van der Waals surface area contributed by atoms with Crippen LogP contribution in [0.5, 0.6) is 0 Å². The SMILES string of the molecule is CC/C=C/N(O)/C=C/CC. The molecule has 0 saturated heterocycles. The van der Waals surface area contributed by atoms with Crippen LogP contribution in [0, 0.1) is 0 Å². The minimum atomic E-state index is 0.941. The molecule has 0 fully saturated rings. The van der Waals surface area contributed by atoms with E-state index < -0.39 is 0 Å². The quantitative estimate of drug-likeness (QED) is 0.608. The minimum absolute atomic E-state index is 0.941. The van der Waals surface area contributed by atoms with E-state index in [0.29, 0.717) is 0 Å². The molecule has 0 aliphatic carbocycles. The third-order valence-corrected chi connectivity index (χ3v) is 0.988. The maximum absolute atomic E-state index is 8.97. The minimum Gasteiger partial charge on any atom is -0.285 e. The van der Waals surface area contributed by atoms with Gasteiger partial charge in [-0.1, -0.05) is 26.0 Å². The van der Waals surface area contributed by atoms with Crippen molar-refractivity contribution < 1.29 is 5.21 Å². The first-order chi connectivity index (χ1) is 4.81. The number of hydrogen-bond acceptors (Lipinski definition) is 2. The predicted molar refractivity (Wildman–Crippen MR) is 42.5 cm³/mol. The summed E-state index contributed by atoms with van der Waals surface area (Å²) in [6.07, 6.45) is 8.92. The van der Waals surface area contributed by atoms with Crippen LogP contribution in [0.3, 0.4) is 0 Å². The monoisotopic (exact) mass is 141 g/mol. The summed E-state index contributed by atoms with van der Waals surface area (Å²) in [6.45, 7) is 4.04. The highest BCUT2D eigenvalue weighted by atomic mass is 16.5. The highest BCUT2D eigenvalue weighted by molar-refractivity contribution is 4.85. The standard InChI is InChI=1S/C8H15NO/c1-3-5-7-9(10)8-6-4-2/h5-8,10H,3-4H2,1-2H3/b7-5+,8-6+. The predicted octanol–water partition coefficient (Wildman–Crippen LogP) is 2.53. The van der Waals surface area contributed by atoms with Crippen molar-refractivity contribution in [2.75, 3.05) is 0 Å². The second kappa shape index (κ2) is 6.36. The third-order valence-electron chi connectivity index (χ3n) is 0.988. The van der Waals surface area contributed by atoms with Gasteiger partial charge in [-0.05, 0) is 12.8 Å². The van der Waals surface area contributed by atoms with Crippen LogP contribution in [-0.4, -0.2) is 10.3 Å². The Morgan fingerprint density at radius 3 is 1.80 bits per heavy atom. The topological polar surface area (TPSA) is 23.5 Å². The summed E-state index contributed by atoms with van der Waals surface area (Å²) in [5, 5.41) is 10.0. The molecule has 0 aromatic rings. The van der Waals surface area contributed by atoms with E-state index in [4.69, 9.17) is 5.21 Å². The molecule has 2 nitrogen and oxygen atoms in total. The van der Waals surface area contributed by atoms with Crippen LogP contribution in [0.15, 0.2) is 24.6 Å². The molecule has 0 bridgehead atoms. The summed E-state index contributed by atoms with van der Waals surface area (Å²) in [5.41, 5.74) is 0. The zero-order valence-corrected chi connectivity index (χ0v) is 6.62. The Morgan fingerprint density at radius 1 is 1.10 bits per heavy atom. The van der Waals surface area contributed by atoms with Gasteiger partial charge >= 0.3 is 0 Å². The molecule has 0 saturated carbocycles. The van der Waals surface area contributed by atoms with Crippen LogP contribution in [-0.2, 0) is 0 Å². The van der Waals surface area contributed by atoms with Crippen molar-refractivity contribution in [1.82, 2.24) is 5.06 Å². The lowest BCUT2D eigenvalue weighted by Gasteiger charge is -2.02. The zero-order valence-electron chi connectivity index (χ0n) is 6.62. The molecule has 1 N–H and O–H groups in total. The number of allylic oxidation sites excluding steroid dienone is 2. The largest absolute Gasteiger partial charge is 0.285 e. The lowest BCUT2D eigenvalue weighted by Crippen LogP contribution is -2.00. The molecule has 10 heavy (non-hydrogen) atoms. The highest BCUT2D eigenvalue weighted by Gasteiger charge is 1.79. The summed E-state index contributed by atoms with van der Waals surface area (Å²) in [4.78, 5) is 0. The zero-order chi connectivity index (χ0) is 7.82. The Morgan fingerprint density at radius 2 is 1.50 bits per heavy atom. The van der Waals surface area contributed by atoms with Crippen LogP contribution < -0.4 is 0 Å². The van der Waals surface area contributed by atoms with E-state index in [-0.39, 0.29) is 0 Å². The van der Waals surface area contributed by atoms with Crippen LogP contribution in [0.1, 0.15) is 26.7 Å². The maximum atomic E-state index is 8.97. The Balaban J connectivity index is 3.52. The molecule has 2 heteroatoms. The van der Waals surface area contributed by atoms with Crippen LogP contribution in [0.4, 0.5) is 0 Å². The summed E-state index contributed by atoms with van der Waals surface area (Å²) in [7, 11) is 0. The Labute approximate surface area is 62.4 Å². The van der Waals surface area contributed by atoms with E-state index in [1.54, 1.807) is 12.4 Å². The fourth-order valence-electron chi connectivity index (χ4n) is 0.477. The molecule has 58 valence electrons. The summed E-state index contributed by atoms with van der Waals surface area (Å²) in [6, 6.07) is 0. The van der Waals surface area contributed by atoms with Crippen LogP contribution >= 0.6 is 0 Å². The molecule has 0 aliphatic heterocycles. The highest BCUT2D eigenvalue weighted by Crippen LogP contribution is 1.89. The molecule has 0 rings (SSSR count). The van der Waals surface area contributed by atoms with E-state index >= 15 is 0 Å². The number of hydroxylamine groups is 2. The maximum Gasteiger partial charge on any atom is 0.0284 e. The van der Waals surface area contributed by atoms with Crippen molar-refractivity contribution in [3.8, 4) is 0 Å². The molecule has 0 radical (unpaired) electrons. The second-order valence-electron chi connectivity index (χ2n) is 1.97. The van der Waals surface area contributed by atoms with E-state index in [9.17, 15) is 0 Å².